The fourth-order valence-corrected chi connectivity index (χ4v) is 3.62. The summed E-state index contributed by atoms with van der Waals surface area (Å²) in [4.78, 5) is 29.3. The van der Waals surface area contributed by atoms with Gasteiger partial charge in [0.15, 0.2) is 11.6 Å². The molecule has 25 heavy (non-hydrogen) atoms. The molecule has 0 unspecified atom stereocenters. The second-order valence-electron chi connectivity index (χ2n) is 5.52. The van der Waals surface area contributed by atoms with Gasteiger partial charge < -0.3 is 14.7 Å². The Hall–Kier alpha value is -3.13. The minimum Gasteiger partial charge on any atom is -0.482 e. The van der Waals surface area contributed by atoms with Crippen LogP contribution >= 0.6 is 11.3 Å². The van der Waals surface area contributed by atoms with Gasteiger partial charge in [0.1, 0.15) is 5.75 Å². The Bertz CT molecular complexity index is 1030. The summed E-state index contributed by atoms with van der Waals surface area (Å²) >= 11 is 1.46. The first-order valence-electron chi connectivity index (χ1n) is 7.44. The molecule has 0 saturated carbocycles. The number of likely N-dealkylation sites (N-methyl/N-ethyl adjacent to an activating group) is 1. The van der Waals surface area contributed by atoms with E-state index in [1.54, 1.807) is 18.1 Å². The summed E-state index contributed by atoms with van der Waals surface area (Å²) in [5.41, 5.74) is 3.14. The van der Waals surface area contributed by atoms with Crippen LogP contribution in [0.1, 0.15) is 5.69 Å². The van der Waals surface area contributed by atoms with Gasteiger partial charge in [-0.3, -0.25) is 9.20 Å². The van der Waals surface area contributed by atoms with Gasteiger partial charge in [-0.25, -0.2) is 9.78 Å². The van der Waals surface area contributed by atoms with Crippen molar-refractivity contribution in [1.82, 2.24) is 9.38 Å². The largest absolute Gasteiger partial charge is 0.482 e. The average molecular weight is 355 g/mol. The zero-order valence-electron chi connectivity index (χ0n) is 13.2. The van der Waals surface area contributed by atoms with Crippen LogP contribution in [0.5, 0.6) is 5.75 Å². The molecule has 0 fully saturated rings. The summed E-state index contributed by atoms with van der Waals surface area (Å²) in [6.07, 6.45) is 4.22. The predicted octanol–water partition coefficient (Wildman–Crippen LogP) is 2.52. The predicted molar refractivity (Wildman–Crippen MR) is 94.1 cm³/mol. The number of hydrogen-bond donors (Lipinski definition) is 1. The molecule has 2 aromatic heterocycles. The lowest BCUT2D eigenvalue weighted by Crippen LogP contribution is -2.35. The van der Waals surface area contributed by atoms with Crippen LogP contribution in [0.15, 0.2) is 35.9 Å². The van der Waals surface area contributed by atoms with Gasteiger partial charge in [-0.2, -0.15) is 0 Å². The van der Waals surface area contributed by atoms with Crippen LogP contribution in [0.2, 0.25) is 0 Å². The molecule has 0 atom stereocenters. The highest BCUT2D eigenvalue weighted by Crippen LogP contribution is 2.36. The Morgan fingerprint density at radius 1 is 1.44 bits per heavy atom. The number of aliphatic carboxylic acids is 1. The zero-order valence-corrected chi connectivity index (χ0v) is 14.0. The number of imidazole rings is 1. The molecular weight excluding hydrogens is 342 g/mol. The maximum absolute atomic E-state index is 11.9. The summed E-state index contributed by atoms with van der Waals surface area (Å²) in [5, 5.41) is 10.8. The third kappa shape index (κ3) is 2.56. The standard InChI is InChI=1S/C17H13N3O4S/c1-19-12-6-10(2-4-14(12)24-8-15(19)21)13-9-25-17-18-7-11(20(13)17)3-5-16(22)23/h2-7,9H,8H2,1H3,(H,22,23)/b5-3+. The third-order valence-corrected chi connectivity index (χ3v) is 4.85. The van der Waals surface area contributed by atoms with E-state index in [1.165, 1.54) is 17.4 Å². The Kier molecular flexibility index (Phi) is 3.54. The van der Waals surface area contributed by atoms with Gasteiger partial charge >= 0.3 is 5.97 Å². The summed E-state index contributed by atoms with van der Waals surface area (Å²) in [6, 6.07) is 5.63. The number of carboxylic acid groups (broad SMARTS) is 1. The Labute approximate surface area is 146 Å². The summed E-state index contributed by atoms with van der Waals surface area (Å²) in [7, 11) is 1.72. The maximum Gasteiger partial charge on any atom is 0.328 e. The highest BCUT2D eigenvalue weighted by Gasteiger charge is 2.23. The van der Waals surface area contributed by atoms with Crippen LogP contribution in [-0.4, -0.2) is 40.0 Å². The molecule has 7 nitrogen and oxygen atoms in total. The van der Waals surface area contributed by atoms with E-state index in [4.69, 9.17) is 9.84 Å². The number of rotatable bonds is 3. The molecule has 1 amide bonds. The highest BCUT2D eigenvalue weighted by molar-refractivity contribution is 7.15. The third-order valence-electron chi connectivity index (χ3n) is 4.01. The maximum atomic E-state index is 11.9. The lowest BCUT2D eigenvalue weighted by atomic mass is 10.1. The summed E-state index contributed by atoms with van der Waals surface area (Å²) in [5.74, 6) is -0.459. The number of benzene rings is 1. The SMILES string of the molecule is CN1C(=O)COc2ccc(-c3csc4ncc(/C=C/C(=O)O)n34)cc21. The monoisotopic (exact) mass is 355 g/mol. The van der Waals surface area contributed by atoms with Gasteiger partial charge in [-0.1, -0.05) is 0 Å². The fourth-order valence-electron chi connectivity index (χ4n) is 2.74. The molecule has 1 N–H and O–H groups in total. The molecule has 0 bridgehead atoms. The number of carboxylic acids is 1. The molecule has 1 aromatic carbocycles. The van der Waals surface area contributed by atoms with Crippen molar-refractivity contribution in [2.75, 3.05) is 18.6 Å². The Balaban J connectivity index is 1.84. The number of carbonyl (C=O) groups excluding carboxylic acids is 1. The lowest BCUT2D eigenvalue weighted by Gasteiger charge is -2.26. The smallest absolute Gasteiger partial charge is 0.328 e. The van der Waals surface area contributed by atoms with E-state index in [-0.39, 0.29) is 12.5 Å². The van der Waals surface area contributed by atoms with E-state index in [0.717, 1.165) is 22.3 Å². The van der Waals surface area contributed by atoms with Crippen molar-refractivity contribution >= 4 is 39.9 Å². The van der Waals surface area contributed by atoms with Crippen molar-refractivity contribution in [3.63, 3.8) is 0 Å². The quantitative estimate of drug-likeness (QED) is 0.730. The van der Waals surface area contributed by atoms with Crippen LogP contribution in [0.3, 0.4) is 0 Å². The molecule has 3 heterocycles. The van der Waals surface area contributed by atoms with Crippen molar-refractivity contribution in [1.29, 1.82) is 0 Å². The number of hydrogen-bond acceptors (Lipinski definition) is 5. The van der Waals surface area contributed by atoms with Gasteiger partial charge in [0, 0.05) is 24.1 Å². The van der Waals surface area contributed by atoms with Crippen LogP contribution < -0.4 is 9.64 Å². The van der Waals surface area contributed by atoms with Crippen molar-refractivity contribution < 1.29 is 19.4 Å². The van der Waals surface area contributed by atoms with Crippen LogP contribution in [-0.2, 0) is 9.59 Å². The van der Waals surface area contributed by atoms with Gasteiger partial charge in [-0.15, -0.1) is 11.3 Å². The normalized spacial score (nSPS) is 14.1. The van der Waals surface area contributed by atoms with E-state index >= 15 is 0 Å². The molecule has 0 saturated heterocycles. The first kappa shape index (κ1) is 15.4. The second kappa shape index (κ2) is 5.75. The number of aromatic nitrogens is 2. The first-order valence-corrected chi connectivity index (χ1v) is 8.32. The van der Waals surface area contributed by atoms with E-state index in [9.17, 15) is 9.59 Å². The molecular formula is C17H13N3O4S. The minimum absolute atomic E-state index is 0.0389. The van der Waals surface area contributed by atoms with Crippen LogP contribution in [0.4, 0.5) is 5.69 Å². The number of ether oxygens (including phenoxy) is 1. The second-order valence-corrected chi connectivity index (χ2v) is 6.35. The van der Waals surface area contributed by atoms with Crippen LogP contribution in [0.25, 0.3) is 22.3 Å². The van der Waals surface area contributed by atoms with E-state index in [2.05, 4.69) is 4.98 Å². The van der Waals surface area contributed by atoms with Gasteiger partial charge in [0.05, 0.1) is 23.3 Å². The first-order chi connectivity index (χ1) is 12.0. The fraction of sp³-hybridized carbons (Fsp3) is 0.118. The molecule has 8 heteroatoms. The van der Waals surface area contributed by atoms with E-state index in [1.807, 2.05) is 28.0 Å². The van der Waals surface area contributed by atoms with Gasteiger partial charge in [0.25, 0.3) is 5.91 Å². The molecule has 3 aromatic rings. The molecule has 0 aliphatic carbocycles. The number of anilines is 1. The number of thiazole rings is 1. The van der Waals surface area contributed by atoms with Crippen molar-refractivity contribution in [3.8, 4) is 17.0 Å². The van der Waals surface area contributed by atoms with Gasteiger partial charge in [0.2, 0.25) is 0 Å². The summed E-state index contributed by atoms with van der Waals surface area (Å²) in [6.45, 7) is 0.0389. The van der Waals surface area contributed by atoms with E-state index < -0.39 is 5.97 Å². The van der Waals surface area contributed by atoms with Crippen molar-refractivity contribution in [3.05, 3.63) is 41.5 Å². The van der Waals surface area contributed by atoms with Crippen LogP contribution in [0, 0.1) is 0 Å². The average Bonchev–Trinajstić information content (AvgIpc) is 3.18. The summed E-state index contributed by atoms with van der Waals surface area (Å²) < 4.78 is 7.34. The molecule has 126 valence electrons. The number of carbonyl (C=O) groups is 2. The number of nitrogens with zero attached hydrogens (tertiary/aromatic N) is 3. The molecule has 1 aliphatic rings. The number of amides is 1. The minimum atomic E-state index is -1.02. The van der Waals surface area contributed by atoms with Crippen molar-refractivity contribution in [2.24, 2.45) is 0 Å². The molecule has 1 aliphatic heterocycles. The van der Waals surface area contributed by atoms with E-state index in [0.29, 0.717) is 17.1 Å². The Morgan fingerprint density at radius 2 is 2.28 bits per heavy atom. The lowest BCUT2D eigenvalue weighted by molar-refractivity contribution is -0.131. The molecule has 0 spiro atoms. The molecule has 0 radical (unpaired) electrons. The zero-order chi connectivity index (χ0) is 17.6. The van der Waals surface area contributed by atoms with Crippen molar-refractivity contribution in [2.45, 2.75) is 0 Å². The topological polar surface area (TPSA) is 84.1 Å². The van der Waals surface area contributed by atoms with Gasteiger partial charge in [-0.05, 0) is 24.3 Å². The molecule has 4 rings (SSSR count). The Morgan fingerprint density at radius 3 is 3.08 bits per heavy atom. The highest BCUT2D eigenvalue weighted by atomic mass is 32.1. The number of fused-ring (bicyclic) bond motifs is 2.